The number of hydrogen-bond acceptors (Lipinski definition) is 4. The molecule has 2 aromatic rings. The Hall–Kier alpha value is -2.76. The summed E-state index contributed by atoms with van der Waals surface area (Å²) < 4.78 is 12.0. The number of likely N-dealkylation sites (N-methyl/N-ethyl adjacent to an activating group) is 1. The number of rotatable bonds is 5. The minimum atomic E-state index is -0.181. The summed E-state index contributed by atoms with van der Waals surface area (Å²) in [6.07, 6.45) is 1.62. The molecule has 0 atom stereocenters. The zero-order valence-corrected chi connectivity index (χ0v) is 12.9. The lowest BCUT2D eigenvalue weighted by Gasteiger charge is -2.21. The number of amides is 1. The van der Waals surface area contributed by atoms with Gasteiger partial charge in [0.15, 0.2) is 11.5 Å². The van der Waals surface area contributed by atoms with E-state index < -0.39 is 0 Å². The fourth-order valence-corrected chi connectivity index (χ4v) is 2.47. The Kier molecular flexibility index (Phi) is 4.32. The molecule has 3 rings (SSSR count). The highest BCUT2D eigenvalue weighted by Gasteiger charge is 2.17. The lowest BCUT2D eigenvalue weighted by molar-refractivity contribution is -0.132. The molecule has 0 bridgehead atoms. The van der Waals surface area contributed by atoms with Gasteiger partial charge in [0.05, 0.1) is 0 Å². The molecule has 1 amide bonds. The third-order valence-electron chi connectivity index (χ3n) is 3.75. The topological polar surface area (TPSA) is 60.8 Å². The molecule has 2 heterocycles. The van der Waals surface area contributed by atoms with Crippen molar-refractivity contribution >= 4 is 5.91 Å². The van der Waals surface area contributed by atoms with E-state index >= 15 is 0 Å². The average Bonchev–Trinajstić information content (AvgIpc) is 3.02. The summed E-state index contributed by atoms with van der Waals surface area (Å²) >= 11 is 0. The van der Waals surface area contributed by atoms with Gasteiger partial charge in [-0.15, -0.1) is 0 Å². The average molecular weight is 314 g/mol. The highest BCUT2D eigenvalue weighted by molar-refractivity contribution is 5.76. The van der Waals surface area contributed by atoms with Crippen molar-refractivity contribution < 1.29 is 14.3 Å². The smallest absolute Gasteiger partial charge is 0.250 e. The van der Waals surface area contributed by atoms with E-state index in [0.717, 1.165) is 11.3 Å². The predicted octanol–water partition coefficient (Wildman–Crippen LogP) is 1.63. The molecular formula is C17H18N2O4. The third-order valence-corrected chi connectivity index (χ3v) is 3.75. The molecule has 0 radical (unpaired) electrons. The van der Waals surface area contributed by atoms with Crippen LogP contribution >= 0.6 is 0 Å². The van der Waals surface area contributed by atoms with Crippen molar-refractivity contribution in [3.63, 3.8) is 0 Å². The van der Waals surface area contributed by atoms with Crippen LogP contribution in [-0.4, -0.2) is 28.7 Å². The van der Waals surface area contributed by atoms with Crippen LogP contribution in [0.2, 0.25) is 0 Å². The van der Waals surface area contributed by atoms with Gasteiger partial charge in [-0.3, -0.25) is 9.59 Å². The Bertz CT molecular complexity index is 769. The molecule has 1 aromatic carbocycles. The van der Waals surface area contributed by atoms with Crippen LogP contribution in [-0.2, 0) is 17.9 Å². The summed E-state index contributed by atoms with van der Waals surface area (Å²) in [6.45, 7) is 3.21. The van der Waals surface area contributed by atoms with Crippen molar-refractivity contribution in [1.29, 1.82) is 0 Å². The van der Waals surface area contributed by atoms with Gasteiger partial charge in [-0.2, -0.15) is 0 Å². The Balaban J connectivity index is 1.71. The van der Waals surface area contributed by atoms with Gasteiger partial charge < -0.3 is 18.9 Å². The molecule has 120 valence electrons. The third kappa shape index (κ3) is 3.36. The van der Waals surface area contributed by atoms with Gasteiger partial charge in [-0.25, -0.2) is 0 Å². The minimum Gasteiger partial charge on any atom is -0.454 e. The van der Waals surface area contributed by atoms with E-state index in [4.69, 9.17) is 9.47 Å². The molecule has 0 saturated heterocycles. The number of ether oxygens (including phenoxy) is 2. The van der Waals surface area contributed by atoms with Crippen LogP contribution in [0.5, 0.6) is 11.5 Å². The number of carbonyl (C=O) groups is 1. The Labute approximate surface area is 133 Å². The summed E-state index contributed by atoms with van der Waals surface area (Å²) in [7, 11) is 0. The molecule has 0 unspecified atom stereocenters. The second kappa shape index (κ2) is 6.56. The lowest BCUT2D eigenvalue weighted by Crippen LogP contribution is -2.35. The number of aromatic nitrogens is 1. The zero-order chi connectivity index (χ0) is 16.2. The van der Waals surface area contributed by atoms with E-state index in [1.165, 1.54) is 10.6 Å². The number of nitrogens with zero attached hydrogens (tertiary/aromatic N) is 2. The fraction of sp³-hybridized carbons (Fsp3) is 0.294. The maximum absolute atomic E-state index is 12.4. The molecule has 0 saturated carbocycles. The van der Waals surface area contributed by atoms with Gasteiger partial charge >= 0.3 is 0 Å². The summed E-state index contributed by atoms with van der Waals surface area (Å²) in [5.41, 5.74) is 0.782. The summed E-state index contributed by atoms with van der Waals surface area (Å²) in [5, 5.41) is 0. The highest BCUT2D eigenvalue weighted by atomic mass is 16.7. The molecule has 0 aliphatic carbocycles. The largest absolute Gasteiger partial charge is 0.454 e. The van der Waals surface area contributed by atoms with Crippen LogP contribution in [0.4, 0.5) is 0 Å². The molecule has 23 heavy (non-hydrogen) atoms. The van der Waals surface area contributed by atoms with Crippen LogP contribution in [0.1, 0.15) is 12.5 Å². The first kappa shape index (κ1) is 15.1. The predicted molar refractivity (Wildman–Crippen MR) is 84.4 cm³/mol. The zero-order valence-electron chi connectivity index (χ0n) is 12.9. The van der Waals surface area contributed by atoms with Crippen LogP contribution in [0, 0.1) is 0 Å². The SMILES string of the molecule is CCN(Cc1ccc2c(c1)OCO2)C(=O)Cn1ccccc1=O. The van der Waals surface area contributed by atoms with E-state index in [2.05, 4.69) is 0 Å². The van der Waals surface area contributed by atoms with Crippen molar-refractivity contribution in [2.75, 3.05) is 13.3 Å². The Morgan fingerprint density at radius 1 is 1.22 bits per heavy atom. The van der Waals surface area contributed by atoms with Crippen molar-refractivity contribution in [3.8, 4) is 11.5 Å². The standard InChI is InChI=1S/C17H18N2O4/c1-2-18(17(21)11-19-8-4-3-5-16(19)20)10-13-6-7-14-15(9-13)23-12-22-14/h3-9H,2,10-12H2,1H3. The first-order valence-corrected chi connectivity index (χ1v) is 7.49. The molecule has 1 aromatic heterocycles. The fourth-order valence-electron chi connectivity index (χ4n) is 2.47. The van der Waals surface area contributed by atoms with Crippen molar-refractivity contribution in [2.24, 2.45) is 0 Å². The Morgan fingerprint density at radius 3 is 2.83 bits per heavy atom. The number of fused-ring (bicyclic) bond motifs is 1. The first-order chi connectivity index (χ1) is 11.2. The number of hydrogen-bond donors (Lipinski definition) is 0. The molecular weight excluding hydrogens is 296 g/mol. The second-order valence-corrected chi connectivity index (χ2v) is 5.26. The maximum atomic E-state index is 12.4. The van der Waals surface area contributed by atoms with Crippen LogP contribution < -0.4 is 15.0 Å². The van der Waals surface area contributed by atoms with Gasteiger partial charge in [-0.1, -0.05) is 12.1 Å². The number of carbonyl (C=O) groups excluding carboxylic acids is 1. The Morgan fingerprint density at radius 2 is 2.04 bits per heavy atom. The number of benzene rings is 1. The minimum absolute atomic E-state index is 0.0397. The van der Waals surface area contributed by atoms with Crippen molar-refractivity contribution in [2.45, 2.75) is 20.0 Å². The molecule has 6 heteroatoms. The van der Waals surface area contributed by atoms with Crippen molar-refractivity contribution in [1.82, 2.24) is 9.47 Å². The van der Waals surface area contributed by atoms with Crippen LogP contribution in [0.3, 0.4) is 0 Å². The van der Waals surface area contributed by atoms with Gasteiger partial charge in [0.25, 0.3) is 5.56 Å². The lowest BCUT2D eigenvalue weighted by atomic mass is 10.2. The van der Waals surface area contributed by atoms with E-state index in [9.17, 15) is 9.59 Å². The normalized spacial score (nSPS) is 12.2. The summed E-state index contributed by atoms with van der Waals surface area (Å²) in [4.78, 5) is 25.9. The van der Waals surface area contributed by atoms with Gasteiger partial charge in [0, 0.05) is 25.4 Å². The monoisotopic (exact) mass is 314 g/mol. The molecule has 1 aliphatic heterocycles. The van der Waals surface area contributed by atoms with E-state index in [1.54, 1.807) is 23.2 Å². The number of pyridine rings is 1. The van der Waals surface area contributed by atoms with E-state index in [1.807, 2.05) is 25.1 Å². The van der Waals surface area contributed by atoms with Gasteiger partial charge in [0.1, 0.15) is 6.54 Å². The molecule has 0 fully saturated rings. The summed E-state index contributed by atoms with van der Waals surface area (Å²) in [5.74, 6) is 1.32. The molecule has 0 N–H and O–H groups in total. The molecule has 0 spiro atoms. The van der Waals surface area contributed by atoms with E-state index in [-0.39, 0.29) is 24.8 Å². The maximum Gasteiger partial charge on any atom is 0.250 e. The first-order valence-electron chi connectivity index (χ1n) is 7.49. The van der Waals surface area contributed by atoms with Crippen LogP contribution in [0.15, 0.2) is 47.4 Å². The molecule has 6 nitrogen and oxygen atoms in total. The molecule has 1 aliphatic rings. The van der Waals surface area contributed by atoms with Gasteiger partial charge in [0.2, 0.25) is 12.7 Å². The highest BCUT2D eigenvalue weighted by Crippen LogP contribution is 2.32. The summed E-state index contributed by atoms with van der Waals surface area (Å²) in [6, 6.07) is 10.5. The quantitative estimate of drug-likeness (QED) is 0.841. The van der Waals surface area contributed by atoms with E-state index in [0.29, 0.717) is 18.8 Å². The van der Waals surface area contributed by atoms with Crippen LogP contribution in [0.25, 0.3) is 0 Å². The second-order valence-electron chi connectivity index (χ2n) is 5.26. The van der Waals surface area contributed by atoms with Crippen molar-refractivity contribution in [3.05, 3.63) is 58.5 Å². The van der Waals surface area contributed by atoms with Gasteiger partial charge in [-0.05, 0) is 30.7 Å².